The largest absolute Gasteiger partial charge is 0.382 e. The monoisotopic (exact) mass is 365 g/mol. The third-order valence-electron chi connectivity index (χ3n) is 3.70. The molecule has 0 atom stereocenters. The molecule has 9 heteroatoms. The maximum Gasteiger partial charge on any atom is 0.275 e. The van der Waals surface area contributed by atoms with Crippen LogP contribution in [0.25, 0.3) is 4.96 Å². The summed E-state index contributed by atoms with van der Waals surface area (Å²) >= 11 is 1.48. The highest BCUT2D eigenvalue weighted by atomic mass is 32.1. The fraction of sp³-hybridized carbons (Fsp3) is 0.0588. The highest BCUT2D eigenvalue weighted by Gasteiger charge is 2.12. The molecule has 0 spiro atoms. The first-order valence-corrected chi connectivity index (χ1v) is 8.70. The second-order valence-corrected chi connectivity index (χ2v) is 6.37. The number of carbonyl (C=O) groups is 1. The van der Waals surface area contributed by atoms with Crippen molar-refractivity contribution in [3.63, 3.8) is 0 Å². The summed E-state index contributed by atoms with van der Waals surface area (Å²) < 4.78 is 1.82. The molecule has 4 heterocycles. The number of nitrogen functional groups attached to an aromatic ring is 1. The van der Waals surface area contributed by atoms with E-state index in [0.717, 1.165) is 16.3 Å². The zero-order chi connectivity index (χ0) is 17.9. The molecular formula is C17H15N7OS. The number of thiazole rings is 1. The smallest absolute Gasteiger partial charge is 0.275 e. The fourth-order valence-electron chi connectivity index (χ4n) is 2.44. The molecule has 0 aliphatic rings. The SMILES string of the molecule is Nc1ncccc1NCc1cc(NC(=O)c2cn3ccsc3n2)ccn1. The molecule has 0 radical (unpaired) electrons. The molecule has 130 valence electrons. The minimum absolute atomic E-state index is 0.262. The summed E-state index contributed by atoms with van der Waals surface area (Å²) in [7, 11) is 0. The van der Waals surface area contributed by atoms with Crippen molar-refractivity contribution >= 4 is 39.4 Å². The number of anilines is 3. The van der Waals surface area contributed by atoms with Crippen LogP contribution < -0.4 is 16.4 Å². The number of imidazole rings is 1. The molecule has 26 heavy (non-hydrogen) atoms. The Hall–Kier alpha value is -3.46. The molecule has 0 fully saturated rings. The Labute approximate surface area is 152 Å². The van der Waals surface area contributed by atoms with Gasteiger partial charge in [-0.05, 0) is 24.3 Å². The van der Waals surface area contributed by atoms with Crippen molar-refractivity contribution in [1.82, 2.24) is 19.4 Å². The molecule has 4 N–H and O–H groups in total. The lowest BCUT2D eigenvalue weighted by Crippen LogP contribution is -2.13. The number of nitrogens with one attached hydrogen (secondary N) is 2. The number of hydrogen-bond acceptors (Lipinski definition) is 7. The van der Waals surface area contributed by atoms with Gasteiger partial charge in [0.05, 0.1) is 17.9 Å². The normalized spacial score (nSPS) is 10.8. The van der Waals surface area contributed by atoms with Crippen LogP contribution in [-0.4, -0.2) is 25.3 Å². The van der Waals surface area contributed by atoms with Gasteiger partial charge in [-0.1, -0.05) is 0 Å². The molecule has 0 saturated carbocycles. The van der Waals surface area contributed by atoms with Crippen LogP contribution in [0.15, 0.2) is 54.4 Å². The summed E-state index contributed by atoms with van der Waals surface area (Å²) in [4.78, 5) is 25.8. The Kier molecular flexibility index (Phi) is 4.20. The van der Waals surface area contributed by atoms with E-state index in [1.165, 1.54) is 11.3 Å². The van der Waals surface area contributed by atoms with Crippen LogP contribution >= 0.6 is 11.3 Å². The number of amides is 1. The van der Waals surface area contributed by atoms with Gasteiger partial charge >= 0.3 is 0 Å². The first-order chi connectivity index (χ1) is 12.7. The minimum Gasteiger partial charge on any atom is -0.382 e. The Morgan fingerprint density at radius 3 is 3.04 bits per heavy atom. The lowest BCUT2D eigenvalue weighted by molar-refractivity contribution is 0.102. The molecule has 4 rings (SSSR count). The van der Waals surface area contributed by atoms with Gasteiger partial charge in [-0.15, -0.1) is 11.3 Å². The van der Waals surface area contributed by atoms with Crippen molar-refractivity contribution in [2.75, 3.05) is 16.4 Å². The molecule has 0 bridgehead atoms. The van der Waals surface area contributed by atoms with Gasteiger partial charge in [-0.25, -0.2) is 9.97 Å². The standard InChI is InChI=1S/C17H15N7OS/c18-15-13(2-1-4-20-15)21-9-12-8-11(3-5-19-12)22-16(25)14-10-24-6-7-26-17(24)23-14/h1-8,10,21H,9H2,(H2,18,20)(H,19,22,25). The lowest BCUT2D eigenvalue weighted by atomic mass is 10.3. The summed E-state index contributed by atoms with van der Waals surface area (Å²) in [5.41, 5.74) is 8.33. The maximum absolute atomic E-state index is 12.4. The lowest BCUT2D eigenvalue weighted by Gasteiger charge is -2.09. The van der Waals surface area contributed by atoms with E-state index < -0.39 is 0 Å². The van der Waals surface area contributed by atoms with E-state index >= 15 is 0 Å². The molecule has 0 aliphatic carbocycles. The van der Waals surface area contributed by atoms with Gasteiger partial charge in [0.15, 0.2) is 4.96 Å². The van der Waals surface area contributed by atoms with Crippen molar-refractivity contribution in [1.29, 1.82) is 0 Å². The van der Waals surface area contributed by atoms with E-state index in [-0.39, 0.29) is 5.91 Å². The minimum atomic E-state index is -0.262. The van der Waals surface area contributed by atoms with Crippen LogP contribution in [0, 0.1) is 0 Å². The molecule has 1 amide bonds. The molecule has 0 aliphatic heterocycles. The summed E-state index contributed by atoms with van der Waals surface area (Å²) in [6.45, 7) is 0.458. The Balaban J connectivity index is 1.44. The molecule has 0 saturated heterocycles. The number of hydrogen-bond donors (Lipinski definition) is 3. The van der Waals surface area contributed by atoms with Gasteiger partial charge < -0.3 is 16.4 Å². The Bertz CT molecular complexity index is 1040. The zero-order valence-electron chi connectivity index (χ0n) is 13.6. The summed E-state index contributed by atoms with van der Waals surface area (Å²) in [5, 5.41) is 7.94. The van der Waals surface area contributed by atoms with E-state index in [0.29, 0.717) is 23.7 Å². The molecular weight excluding hydrogens is 350 g/mol. The quantitative estimate of drug-likeness (QED) is 0.501. The van der Waals surface area contributed by atoms with Crippen LogP contribution in [0.1, 0.15) is 16.2 Å². The van der Waals surface area contributed by atoms with Gasteiger partial charge in [0.1, 0.15) is 11.5 Å². The van der Waals surface area contributed by atoms with Crippen LogP contribution in [0.5, 0.6) is 0 Å². The maximum atomic E-state index is 12.4. The average Bonchev–Trinajstić information content (AvgIpc) is 3.23. The second kappa shape index (κ2) is 6.81. The van der Waals surface area contributed by atoms with Gasteiger partial charge in [0.25, 0.3) is 5.91 Å². The number of rotatable bonds is 5. The third-order valence-corrected chi connectivity index (χ3v) is 4.47. The summed E-state index contributed by atoms with van der Waals surface area (Å²) in [5.74, 6) is 0.166. The van der Waals surface area contributed by atoms with Gasteiger partial charge in [0.2, 0.25) is 0 Å². The highest BCUT2D eigenvalue weighted by Crippen LogP contribution is 2.17. The third kappa shape index (κ3) is 3.33. The molecule has 4 aromatic rings. The fourth-order valence-corrected chi connectivity index (χ4v) is 3.14. The van der Waals surface area contributed by atoms with Crippen LogP contribution in [0.4, 0.5) is 17.2 Å². The number of fused-ring (bicyclic) bond motifs is 1. The predicted octanol–water partition coefficient (Wildman–Crippen LogP) is 2.63. The van der Waals surface area contributed by atoms with Crippen molar-refractivity contribution < 1.29 is 4.79 Å². The van der Waals surface area contributed by atoms with Crippen molar-refractivity contribution in [3.8, 4) is 0 Å². The second-order valence-electron chi connectivity index (χ2n) is 5.50. The number of carbonyl (C=O) groups excluding carboxylic acids is 1. The number of aromatic nitrogens is 4. The topological polar surface area (TPSA) is 110 Å². The number of nitrogens with two attached hydrogens (primary N) is 1. The summed E-state index contributed by atoms with van der Waals surface area (Å²) in [6.07, 6.45) is 6.85. The van der Waals surface area contributed by atoms with E-state index in [1.54, 1.807) is 36.8 Å². The molecule has 0 aromatic carbocycles. The molecule has 0 unspecified atom stereocenters. The van der Waals surface area contributed by atoms with Crippen LogP contribution in [-0.2, 0) is 6.54 Å². The summed E-state index contributed by atoms with van der Waals surface area (Å²) in [6, 6.07) is 7.19. The van der Waals surface area contributed by atoms with Crippen LogP contribution in [0.2, 0.25) is 0 Å². The van der Waals surface area contributed by atoms with Crippen LogP contribution in [0.3, 0.4) is 0 Å². The average molecular weight is 365 g/mol. The number of nitrogens with zero attached hydrogens (tertiary/aromatic N) is 4. The van der Waals surface area contributed by atoms with Gasteiger partial charge in [-0.3, -0.25) is 14.2 Å². The molecule has 4 aromatic heterocycles. The highest BCUT2D eigenvalue weighted by molar-refractivity contribution is 7.15. The Morgan fingerprint density at radius 2 is 2.19 bits per heavy atom. The van der Waals surface area contributed by atoms with Crippen molar-refractivity contribution in [3.05, 3.63) is 65.8 Å². The number of pyridine rings is 2. The van der Waals surface area contributed by atoms with E-state index in [2.05, 4.69) is 25.6 Å². The van der Waals surface area contributed by atoms with Gasteiger partial charge in [-0.2, -0.15) is 0 Å². The van der Waals surface area contributed by atoms with Crippen molar-refractivity contribution in [2.24, 2.45) is 0 Å². The van der Waals surface area contributed by atoms with E-state index in [4.69, 9.17) is 5.73 Å². The van der Waals surface area contributed by atoms with Gasteiger partial charge in [0, 0.05) is 35.9 Å². The molecule has 8 nitrogen and oxygen atoms in total. The van der Waals surface area contributed by atoms with Crippen molar-refractivity contribution in [2.45, 2.75) is 6.54 Å². The zero-order valence-corrected chi connectivity index (χ0v) is 14.4. The van der Waals surface area contributed by atoms with E-state index in [1.807, 2.05) is 22.0 Å². The predicted molar refractivity (Wildman–Crippen MR) is 101 cm³/mol. The van der Waals surface area contributed by atoms with E-state index in [9.17, 15) is 4.79 Å². The Morgan fingerprint density at radius 1 is 1.27 bits per heavy atom. The first-order valence-electron chi connectivity index (χ1n) is 7.82. The first kappa shape index (κ1) is 16.0.